The van der Waals surface area contributed by atoms with Gasteiger partial charge in [0, 0.05) is 0 Å². The molecule has 0 amide bonds. The number of carbonyl (C=O) groups excluding carboxylic acids is 1. The first-order valence-electron chi connectivity index (χ1n) is 4.09. The molecule has 84 valence electrons. The maximum atomic E-state index is 12.4. The fraction of sp³-hybridized carbons (Fsp3) is 0.111. The third-order valence-electron chi connectivity index (χ3n) is 1.86. The van der Waals surface area contributed by atoms with Gasteiger partial charge in [-0.2, -0.15) is 13.2 Å². The van der Waals surface area contributed by atoms with Crippen LogP contribution in [-0.2, 0) is 6.18 Å². The van der Waals surface area contributed by atoms with Crippen molar-refractivity contribution in [1.82, 2.24) is 5.16 Å². The summed E-state index contributed by atoms with van der Waals surface area (Å²) in [6, 6.07) is 1.26. The van der Waals surface area contributed by atoms with Gasteiger partial charge in [-0.15, -0.1) is 0 Å². The second-order valence-electron chi connectivity index (χ2n) is 2.91. The van der Waals surface area contributed by atoms with Gasteiger partial charge in [0.1, 0.15) is 6.26 Å². The lowest BCUT2D eigenvalue weighted by molar-refractivity contribution is -0.155. The summed E-state index contributed by atoms with van der Waals surface area (Å²) in [5.41, 5.74) is -0.623. The van der Waals surface area contributed by atoms with Crippen molar-refractivity contribution in [2.45, 2.75) is 6.18 Å². The van der Waals surface area contributed by atoms with Gasteiger partial charge in [-0.05, 0) is 6.07 Å². The molecule has 0 aliphatic heterocycles. The van der Waals surface area contributed by atoms with E-state index < -0.39 is 23.3 Å². The van der Waals surface area contributed by atoms with Crippen molar-refractivity contribution < 1.29 is 26.9 Å². The van der Waals surface area contributed by atoms with Crippen LogP contribution in [0.2, 0.25) is 0 Å². The Morgan fingerprint density at radius 3 is 2.69 bits per heavy atom. The van der Waals surface area contributed by atoms with Crippen molar-refractivity contribution in [3.8, 4) is 0 Å². The van der Waals surface area contributed by atoms with Crippen LogP contribution in [-0.4, -0.2) is 10.9 Å². The minimum atomic E-state index is -4.74. The average molecular weight is 231 g/mol. The molecule has 0 unspecified atom stereocenters. The summed E-state index contributed by atoms with van der Waals surface area (Å²) >= 11 is 0. The molecule has 2 aromatic rings. The molecule has 0 atom stereocenters. The highest BCUT2D eigenvalue weighted by atomic mass is 19.4. The number of hydrogen-bond donors (Lipinski definition) is 0. The van der Waals surface area contributed by atoms with Crippen LogP contribution >= 0.6 is 0 Å². The monoisotopic (exact) mass is 231 g/mol. The molecule has 0 N–H and O–H groups in total. The topological polar surface area (TPSA) is 56.2 Å². The number of carbonyl (C=O) groups is 1. The number of furan rings is 1. The summed E-state index contributed by atoms with van der Waals surface area (Å²) in [6.45, 7) is 0. The molecule has 7 heteroatoms. The lowest BCUT2D eigenvalue weighted by atomic mass is 10.1. The molecule has 16 heavy (non-hydrogen) atoms. The fourth-order valence-corrected chi connectivity index (χ4v) is 1.15. The van der Waals surface area contributed by atoms with Crippen molar-refractivity contribution in [2.75, 3.05) is 0 Å². The Labute approximate surface area is 86.6 Å². The summed E-state index contributed by atoms with van der Waals surface area (Å²) in [6.07, 6.45) is -1.77. The van der Waals surface area contributed by atoms with Crippen LogP contribution in [0, 0.1) is 0 Å². The van der Waals surface area contributed by atoms with Crippen molar-refractivity contribution in [3.63, 3.8) is 0 Å². The van der Waals surface area contributed by atoms with E-state index in [2.05, 4.69) is 14.1 Å². The Balaban J connectivity index is 2.43. The quantitative estimate of drug-likeness (QED) is 0.745. The van der Waals surface area contributed by atoms with Crippen LogP contribution < -0.4 is 0 Å². The molecule has 2 aromatic heterocycles. The normalized spacial score (nSPS) is 11.7. The van der Waals surface area contributed by atoms with E-state index in [1.807, 2.05) is 0 Å². The molecule has 0 bridgehead atoms. The zero-order valence-corrected chi connectivity index (χ0v) is 7.62. The summed E-state index contributed by atoms with van der Waals surface area (Å²) in [7, 11) is 0. The van der Waals surface area contributed by atoms with E-state index in [-0.39, 0.29) is 5.56 Å². The third kappa shape index (κ3) is 1.71. The van der Waals surface area contributed by atoms with Crippen LogP contribution in [0.25, 0.3) is 0 Å². The first-order chi connectivity index (χ1) is 7.50. The van der Waals surface area contributed by atoms with Crippen LogP contribution in [0.5, 0.6) is 0 Å². The SMILES string of the molecule is O=C(c1ccoc1)c1cnoc1C(F)(F)F. The molecule has 2 heterocycles. The lowest BCUT2D eigenvalue weighted by Crippen LogP contribution is -2.10. The van der Waals surface area contributed by atoms with Crippen LogP contribution in [0.1, 0.15) is 21.7 Å². The molecular weight excluding hydrogens is 227 g/mol. The fourth-order valence-electron chi connectivity index (χ4n) is 1.15. The van der Waals surface area contributed by atoms with Crippen molar-refractivity contribution >= 4 is 5.78 Å². The van der Waals surface area contributed by atoms with E-state index in [4.69, 9.17) is 0 Å². The summed E-state index contributed by atoms with van der Waals surface area (Å²) in [5, 5.41) is 2.97. The smallest absolute Gasteiger partial charge is 0.453 e. The highest BCUT2D eigenvalue weighted by molar-refractivity contribution is 6.09. The molecule has 0 radical (unpaired) electrons. The predicted octanol–water partition coefficient (Wildman–Crippen LogP) is 2.52. The minimum Gasteiger partial charge on any atom is -0.472 e. The predicted molar refractivity (Wildman–Crippen MR) is 43.6 cm³/mol. The summed E-state index contributed by atoms with van der Waals surface area (Å²) in [5.74, 6) is -2.25. The van der Waals surface area contributed by atoms with Gasteiger partial charge in [0.05, 0.1) is 23.6 Å². The van der Waals surface area contributed by atoms with Crippen molar-refractivity contribution in [1.29, 1.82) is 0 Å². The molecule has 4 nitrogen and oxygen atoms in total. The first-order valence-corrected chi connectivity index (χ1v) is 4.09. The number of aromatic nitrogens is 1. The summed E-state index contributed by atoms with van der Waals surface area (Å²) < 4.78 is 45.8. The number of ketones is 1. The molecule has 0 saturated carbocycles. The number of rotatable bonds is 2. The maximum Gasteiger partial charge on any atom is 0.453 e. The zero-order chi connectivity index (χ0) is 11.8. The molecular formula is C9H4F3NO3. The van der Waals surface area contributed by atoms with Crippen LogP contribution in [0.15, 0.2) is 33.7 Å². The second-order valence-corrected chi connectivity index (χ2v) is 2.91. The van der Waals surface area contributed by atoms with Gasteiger partial charge in [-0.1, -0.05) is 5.16 Å². The van der Waals surface area contributed by atoms with Gasteiger partial charge in [-0.25, -0.2) is 0 Å². The average Bonchev–Trinajstić information content (AvgIpc) is 2.87. The third-order valence-corrected chi connectivity index (χ3v) is 1.86. The van der Waals surface area contributed by atoms with Crippen molar-refractivity contribution in [3.05, 3.63) is 41.7 Å². The van der Waals surface area contributed by atoms with Gasteiger partial charge in [0.25, 0.3) is 5.76 Å². The number of hydrogen-bond acceptors (Lipinski definition) is 4. The number of nitrogens with zero attached hydrogens (tertiary/aromatic N) is 1. The lowest BCUT2D eigenvalue weighted by Gasteiger charge is -2.02. The second kappa shape index (κ2) is 3.51. The van der Waals surface area contributed by atoms with E-state index in [0.29, 0.717) is 0 Å². The highest BCUT2D eigenvalue weighted by Gasteiger charge is 2.40. The van der Waals surface area contributed by atoms with Gasteiger partial charge < -0.3 is 8.94 Å². The number of alkyl halides is 3. The standard InChI is InChI=1S/C9H4F3NO3/c10-9(11,12)8-6(3-13-16-8)7(14)5-1-2-15-4-5/h1-4H. The Kier molecular flexibility index (Phi) is 2.30. The van der Waals surface area contributed by atoms with E-state index in [1.54, 1.807) is 0 Å². The summed E-state index contributed by atoms with van der Waals surface area (Å²) in [4.78, 5) is 11.6. The van der Waals surface area contributed by atoms with Crippen LogP contribution in [0.3, 0.4) is 0 Å². The molecule has 0 saturated heterocycles. The van der Waals surface area contributed by atoms with Gasteiger partial charge in [-0.3, -0.25) is 4.79 Å². The zero-order valence-electron chi connectivity index (χ0n) is 7.62. The Bertz CT molecular complexity index is 498. The number of halogens is 3. The van der Waals surface area contributed by atoms with Crippen molar-refractivity contribution in [2.24, 2.45) is 0 Å². The van der Waals surface area contributed by atoms with E-state index in [0.717, 1.165) is 12.5 Å². The van der Waals surface area contributed by atoms with E-state index in [1.165, 1.54) is 12.3 Å². The largest absolute Gasteiger partial charge is 0.472 e. The first kappa shape index (κ1) is 10.5. The highest BCUT2D eigenvalue weighted by Crippen LogP contribution is 2.32. The molecule has 0 fully saturated rings. The molecule has 0 aliphatic carbocycles. The Hall–Kier alpha value is -2.05. The van der Waals surface area contributed by atoms with Gasteiger partial charge in [0.15, 0.2) is 0 Å². The van der Waals surface area contributed by atoms with E-state index in [9.17, 15) is 18.0 Å². The Morgan fingerprint density at radius 1 is 1.38 bits per heavy atom. The van der Waals surface area contributed by atoms with Crippen LogP contribution in [0.4, 0.5) is 13.2 Å². The molecule has 0 aliphatic rings. The molecule has 0 aromatic carbocycles. The van der Waals surface area contributed by atoms with Gasteiger partial charge in [0.2, 0.25) is 5.78 Å². The molecule has 0 spiro atoms. The molecule has 2 rings (SSSR count). The van der Waals surface area contributed by atoms with E-state index >= 15 is 0 Å². The minimum absolute atomic E-state index is 0.00806. The Morgan fingerprint density at radius 2 is 2.12 bits per heavy atom. The maximum absolute atomic E-state index is 12.4. The van der Waals surface area contributed by atoms with Gasteiger partial charge >= 0.3 is 6.18 Å².